The second-order valence-corrected chi connectivity index (χ2v) is 15.5. The number of phenolic OH excluding ortho intramolecular Hbond substituents is 1. The number of aryl methyl sites for hydroxylation is 1. The van der Waals surface area contributed by atoms with Gasteiger partial charge in [0.1, 0.15) is 12.2 Å². The van der Waals surface area contributed by atoms with Gasteiger partial charge in [0.2, 0.25) is 0 Å². The van der Waals surface area contributed by atoms with Crippen molar-refractivity contribution < 1.29 is 33.9 Å². The number of nitrogens with zero attached hydrogens (tertiary/aromatic N) is 2. The molecule has 2 unspecified atom stereocenters. The average molecular weight is 725 g/mol. The van der Waals surface area contributed by atoms with Gasteiger partial charge in [-0.3, -0.25) is 0 Å². The molecule has 2 N–H and O–H groups in total. The molecule has 4 heterocycles. The highest BCUT2D eigenvalue weighted by atomic mass is 35.5. The highest BCUT2D eigenvalue weighted by Crippen LogP contribution is 2.63. The first-order valence-corrected chi connectivity index (χ1v) is 18.4. The van der Waals surface area contributed by atoms with Crippen molar-refractivity contribution in [3.63, 3.8) is 0 Å². The lowest BCUT2D eigenvalue weighted by atomic mass is 9.52. The minimum absolute atomic E-state index is 0. The van der Waals surface area contributed by atoms with Gasteiger partial charge in [-0.15, -0.1) is 12.4 Å². The minimum atomic E-state index is 0. The van der Waals surface area contributed by atoms with E-state index in [0.717, 1.165) is 63.3 Å². The first-order chi connectivity index (χ1) is 24.2. The molecule has 51 heavy (non-hydrogen) atoms. The van der Waals surface area contributed by atoms with Crippen LogP contribution in [0.4, 0.5) is 0 Å². The molecule has 0 radical (unpaired) electrons. The molecule has 9 nitrogen and oxygen atoms in total. The number of aliphatic hydroxyl groups excluding tert-OH is 1. The largest absolute Gasteiger partial charge is 0.504 e. The molecule has 10 heteroatoms. The molecule has 0 saturated carbocycles. The second kappa shape index (κ2) is 14.9. The smallest absolute Gasteiger partial charge is 0.189 e. The first kappa shape index (κ1) is 38.0. The summed E-state index contributed by atoms with van der Waals surface area (Å²) in [5.41, 5.74) is 5.52. The Morgan fingerprint density at radius 1 is 0.863 bits per heavy atom. The number of aliphatic hydroxyl groups is 1. The van der Waals surface area contributed by atoms with Crippen molar-refractivity contribution in [2.45, 2.75) is 69.1 Å². The van der Waals surface area contributed by atoms with Gasteiger partial charge in [0.15, 0.2) is 29.8 Å². The van der Waals surface area contributed by atoms with Gasteiger partial charge in [0.25, 0.3) is 0 Å². The molecule has 280 valence electrons. The number of halogens is 1. The van der Waals surface area contributed by atoms with Crippen LogP contribution in [-0.4, -0.2) is 106 Å². The zero-order valence-corrected chi connectivity index (χ0v) is 32.1. The van der Waals surface area contributed by atoms with E-state index < -0.39 is 0 Å². The maximum absolute atomic E-state index is 10.3. The van der Waals surface area contributed by atoms with E-state index in [1.807, 2.05) is 12.1 Å². The first-order valence-electron chi connectivity index (χ1n) is 18.4. The third-order valence-electron chi connectivity index (χ3n) is 12.9. The fraction of sp³-hybridized carbons (Fsp3) is 0.610. The topological polar surface area (TPSA) is 93.1 Å². The Balaban J connectivity index is 0.000000168. The van der Waals surface area contributed by atoms with E-state index in [4.69, 9.17) is 28.8 Å². The van der Waals surface area contributed by atoms with Gasteiger partial charge in [-0.05, 0) is 76.6 Å². The average Bonchev–Trinajstić information content (AvgIpc) is 3.67. The molecule has 4 aliphatic heterocycles. The lowest BCUT2D eigenvalue weighted by Gasteiger charge is -2.56. The lowest BCUT2D eigenvalue weighted by Crippen LogP contribution is -2.63. The van der Waals surface area contributed by atoms with Gasteiger partial charge in [-0.2, -0.15) is 0 Å². The van der Waals surface area contributed by atoms with Crippen LogP contribution >= 0.6 is 12.4 Å². The third kappa shape index (κ3) is 5.87. The zero-order chi connectivity index (χ0) is 35.4. The molecule has 9 rings (SSSR count). The Morgan fingerprint density at radius 2 is 1.57 bits per heavy atom. The molecule has 2 spiro atoms. The summed E-state index contributed by atoms with van der Waals surface area (Å²) in [5, 5.41) is 17.3. The summed E-state index contributed by atoms with van der Waals surface area (Å²) in [5.74, 6) is 4.62. The monoisotopic (exact) mass is 724 g/mol. The Morgan fingerprint density at radius 3 is 2.33 bits per heavy atom. The predicted molar refractivity (Wildman–Crippen MR) is 201 cm³/mol. The van der Waals surface area contributed by atoms with E-state index >= 15 is 0 Å². The van der Waals surface area contributed by atoms with Gasteiger partial charge in [-0.1, -0.05) is 50.3 Å². The summed E-state index contributed by atoms with van der Waals surface area (Å²) < 4.78 is 29.4. The minimum Gasteiger partial charge on any atom is -0.504 e. The van der Waals surface area contributed by atoms with Gasteiger partial charge in [-0.25, -0.2) is 0 Å². The van der Waals surface area contributed by atoms with Gasteiger partial charge < -0.3 is 43.7 Å². The fourth-order valence-corrected chi connectivity index (χ4v) is 10.7. The number of hydrogen-bond donors (Lipinski definition) is 2. The van der Waals surface area contributed by atoms with Crippen LogP contribution in [0.1, 0.15) is 48.9 Å². The van der Waals surface area contributed by atoms with Crippen molar-refractivity contribution >= 4 is 12.4 Å². The van der Waals surface area contributed by atoms with Crippen molar-refractivity contribution in [1.82, 2.24) is 9.80 Å². The van der Waals surface area contributed by atoms with Crippen molar-refractivity contribution in [3.8, 4) is 23.0 Å². The molecule has 2 fully saturated rings. The maximum Gasteiger partial charge on any atom is 0.189 e. The normalized spacial score (nSPS) is 34.5. The molecule has 9 atom stereocenters. The fourth-order valence-electron chi connectivity index (χ4n) is 10.7. The van der Waals surface area contributed by atoms with Crippen molar-refractivity contribution in [1.29, 1.82) is 0 Å². The van der Waals surface area contributed by atoms with Crippen LogP contribution in [0.25, 0.3) is 0 Å². The highest BCUT2D eigenvalue weighted by molar-refractivity contribution is 5.85. The number of methoxy groups -OCH3 is 1. The number of fused-ring (bicyclic) bond motifs is 1. The van der Waals surface area contributed by atoms with Crippen LogP contribution in [0.15, 0.2) is 48.6 Å². The van der Waals surface area contributed by atoms with E-state index in [9.17, 15) is 5.11 Å². The van der Waals surface area contributed by atoms with Crippen molar-refractivity contribution in [2.24, 2.45) is 23.7 Å². The summed E-state index contributed by atoms with van der Waals surface area (Å²) in [6.07, 6.45) is 13.2. The van der Waals surface area contributed by atoms with Crippen LogP contribution in [0.5, 0.6) is 23.0 Å². The van der Waals surface area contributed by atoms with Gasteiger partial charge in [0, 0.05) is 72.4 Å². The molecule has 2 aromatic rings. The second-order valence-electron chi connectivity index (χ2n) is 15.5. The summed E-state index contributed by atoms with van der Waals surface area (Å²) in [4.78, 5) is 4.95. The summed E-state index contributed by atoms with van der Waals surface area (Å²) in [7, 11) is 7.13. The molecule has 7 aliphatic rings. The third-order valence-corrected chi connectivity index (χ3v) is 12.9. The SMILES string of the molecule is CO.COCCOCOc1ccc(C)c2c1O[C@H]1[C@@H](C)C=CC3CN(C)CC[C@@]231.C[C@H]1C=CC2[C@H]3Cc4ccc(O)c5c4[C@@]2(CCN3C)[C@H]1O5.Cl. The molecule has 2 saturated heterocycles. The summed E-state index contributed by atoms with van der Waals surface area (Å²) >= 11 is 0. The highest BCUT2D eigenvalue weighted by Gasteiger charge is 2.63. The van der Waals surface area contributed by atoms with E-state index in [2.05, 4.69) is 81.1 Å². The van der Waals surface area contributed by atoms with Crippen LogP contribution in [0, 0.1) is 30.6 Å². The zero-order valence-electron chi connectivity index (χ0n) is 31.3. The predicted octanol–water partition coefficient (Wildman–Crippen LogP) is 5.65. The number of phenols is 1. The van der Waals surface area contributed by atoms with Crippen LogP contribution < -0.4 is 14.2 Å². The van der Waals surface area contributed by atoms with Gasteiger partial charge in [0.05, 0.1) is 13.2 Å². The Bertz CT molecular complexity index is 1630. The Hall–Kier alpha value is -2.79. The number of rotatable bonds is 6. The molecular weight excluding hydrogens is 668 g/mol. The van der Waals surface area contributed by atoms with Crippen LogP contribution in [0.3, 0.4) is 0 Å². The number of likely N-dealkylation sites (tertiary alicyclic amines) is 2. The molecule has 2 aromatic carbocycles. The number of benzene rings is 2. The number of ether oxygens (including phenoxy) is 5. The summed E-state index contributed by atoms with van der Waals surface area (Å²) in [6, 6.07) is 8.69. The summed E-state index contributed by atoms with van der Waals surface area (Å²) in [6.45, 7) is 11.3. The molecule has 2 bridgehead atoms. The quantitative estimate of drug-likeness (QED) is 0.223. The standard InChI is InChI=1S/C22H31NO4.C18H21NO2.CH4O.ClH/c1-15-6-8-18(26-14-25-12-11-24-4)20-19(15)22-9-10-23(3)13-17(22)7-5-16(2)21(22)27-20;1-10-3-5-12-13-9-11-4-6-14(20)16-15(11)18(12,17(10)21-16)7-8-19(13)2;1-2;/h5-8,16-17,21H,9-14H2,1-4H3;3-6,10,12-13,17,20H,7-9H2,1-2H3;2H,1H3;1H/t16-,17?,21-,22-;10-,12?,13+,17-,18-;;/m00../s1. The number of piperidine rings is 2. The van der Waals surface area contributed by atoms with Crippen LogP contribution in [-0.2, 0) is 26.7 Å². The Kier molecular flexibility index (Phi) is 11.1. The number of hydrogen-bond acceptors (Lipinski definition) is 9. The number of aromatic hydroxyl groups is 1. The van der Waals surface area contributed by atoms with Crippen LogP contribution in [0.2, 0.25) is 0 Å². The van der Waals surface area contributed by atoms with Crippen molar-refractivity contribution in [2.75, 3.05) is 68.0 Å². The molecule has 3 aliphatic carbocycles. The number of likely N-dealkylation sites (N-methyl/N-ethyl adjacent to an activating group) is 1. The Labute approximate surface area is 309 Å². The molecule has 0 aromatic heterocycles. The maximum atomic E-state index is 10.3. The van der Waals surface area contributed by atoms with E-state index in [1.165, 1.54) is 22.3 Å². The van der Waals surface area contributed by atoms with Gasteiger partial charge >= 0.3 is 0 Å². The lowest BCUT2D eigenvalue weighted by molar-refractivity contribution is -0.0143. The van der Waals surface area contributed by atoms with E-state index in [1.54, 1.807) is 7.11 Å². The van der Waals surface area contributed by atoms with Crippen molar-refractivity contribution in [3.05, 3.63) is 70.8 Å². The molecular formula is C41H57ClN2O7. The molecule has 0 amide bonds. The van der Waals surface area contributed by atoms with E-state index in [0.29, 0.717) is 48.7 Å². The van der Waals surface area contributed by atoms with E-state index in [-0.39, 0.29) is 42.2 Å².